The van der Waals surface area contributed by atoms with Crippen LogP contribution in [0.25, 0.3) is 0 Å². The number of aliphatic carboxylic acids is 2. The quantitative estimate of drug-likeness (QED) is 0.558. The number of aromatic amines is 1. The van der Waals surface area contributed by atoms with Gasteiger partial charge in [-0.05, 0) is 18.7 Å². The molecule has 0 spiro atoms. The number of carbonyl (C=O) groups is 2. The zero-order valence-corrected chi connectivity index (χ0v) is 8.80. The number of H-pyrrole nitrogens is 1. The van der Waals surface area contributed by atoms with Crippen molar-refractivity contribution < 1.29 is 19.8 Å². The molecule has 1 heterocycles. The fraction of sp³-hybridized carbons (Fsp3) is 0.200. The highest BCUT2D eigenvalue weighted by Crippen LogP contribution is 1.92. The van der Waals surface area contributed by atoms with Crippen LogP contribution in [0.3, 0.4) is 0 Å². The smallest absolute Gasteiger partial charge is 0.328 e. The zero-order chi connectivity index (χ0) is 12.4. The van der Waals surface area contributed by atoms with Gasteiger partial charge in [0.2, 0.25) is 0 Å². The van der Waals surface area contributed by atoms with Gasteiger partial charge in [0.25, 0.3) is 0 Å². The van der Waals surface area contributed by atoms with Crippen LogP contribution in [0.4, 0.5) is 0 Å². The van der Waals surface area contributed by atoms with Crippen molar-refractivity contribution in [3.05, 3.63) is 36.2 Å². The minimum Gasteiger partial charge on any atom is -0.478 e. The molecule has 4 N–H and O–H groups in total. The van der Waals surface area contributed by atoms with Gasteiger partial charge in [0, 0.05) is 31.1 Å². The van der Waals surface area contributed by atoms with Gasteiger partial charge in [0.1, 0.15) is 0 Å². The number of aromatic nitrogens is 1. The van der Waals surface area contributed by atoms with Crippen LogP contribution in [0.1, 0.15) is 5.56 Å². The molecule has 0 aliphatic heterocycles. The van der Waals surface area contributed by atoms with Crippen molar-refractivity contribution in [2.75, 3.05) is 7.05 Å². The Hall–Kier alpha value is -2.08. The summed E-state index contributed by atoms with van der Waals surface area (Å²) in [5, 5.41) is 18.7. The van der Waals surface area contributed by atoms with Gasteiger partial charge in [-0.2, -0.15) is 0 Å². The summed E-state index contributed by atoms with van der Waals surface area (Å²) in [5.41, 5.74) is 1.30. The molecule has 0 unspecified atom stereocenters. The molecule has 1 aromatic rings. The molecule has 1 rings (SSSR count). The molecule has 6 heteroatoms. The van der Waals surface area contributed by atoms with E-state index in [1.165, 1.54) is 5.56 Å². The van der Waals surface area contributed by atoms with Crippen LogP contribution >= 0.6 is 0 Å². The van der Waals surface area contributed by atoms with Crippen LogP contribution in [0.15, 0.2) is 30.6 Å². The van der Waals surface area contributed by atoms with E-state index in [1.807, 2.05) is 19.4 Å². The minimum atomic E-state index is -1.26. The van der Waals surface area contributed by atoms with Gasteiger partial charge < -0.3 is 20.5 Å². The van der Waals surface area contributed by atoms with E-state index >= 15 is 0 Å². The second kappa shape index (κ2) is 8.25. The number of nitrogens with one attached hydrogen (secondary N) is 2. The van der Waals surface area contributed by atoms with Gasteiger partial charge in [0.15, 0.2) is 0 Å². The first-order valence-electron chi connectivity index (χ1n) is 4.46. The SMILES string of the molecule is CNCc1cc[nH]c1.O=C(O)/C=C/C(=O)O. The molecule has 0 saturated carbocycles. The Morgan fingerprint density at radius 3 is 2.25 bits per heavy atom. The van der Waals surface area contributed by atoms with Crippen molar-refractivity contribution in [2.24, 2.45) is 0 Å². The molecule has 0 aromatic carbocycles. The fourth-order valence-corrected chi connectivity index (χ4v) is 0.815. The highest BCUT2D eigenvalue weighted by atomic mass is 16.4. The lowest BCUT2D eigenvalue weighted by Crippen LogP contribution is -2.03. The summed E-state index contributed by atoms with van der Waals surface area (Å²) >= 11 is 0. The Morgan fingerprint density at radius 1 is 1.38 bits per heavy atom. The fourth-order valence-electron chi connectivity index (χ4n) is 0.815. The standard InChI is InChI=1S/C6H10N2.C4H4O4/c1-7-4-6-2-3-8-5-6;5-3(6)1-2-4(7)8/h2-3,5,7-8H,4H2,1H3;1-2H,(H,5,6)(H,7,8)/b;2-1+. The second-order valence-electron chi connectivity index (χ2n) is 2.76. The molecular weight excluding hydrogens is 212 g/mol. The lowest BCUT2D eigenvalue weighted by molar-refractivity contribution is -0.134. The van der Waals surface area contributed by atoms with Crippen LogP contribution in [-0.4, -0.2) is 34.2 Å². The number of hydrogen-bond donors (Lipinski definition) is 4. The molecule has 0 aliphatic carbocycles. The molecule has 0 amide bonds. The lowest BCUT2D eigenvalue weighted by Gasteiger charge is -1.89. The van der Waals surface area contributed by atoms with Crippen molar-refractivity contribution in [1.82, 2.24) is 10.3 Å². The van der Waals surface area contributed by atoms with Crippen LogP contribution in [0.2, 0.25) is 0 Å². The number of carboxylic acid groups (broad SMARTS) is 2. The van der Waals surface area contributed by atoms with Crippen molar-refractivity contribution in [1.29, 1.82) is 0 Å². The summed E-state index contributed by atoms with van der Waals surface area (Å²) in [6.07, 6.45) is 5.02. The number of carboxylic acids is 2. The molecule has 16 heavy (non-hydrogen) atoms. The Kier molecular flexibility index (Phi) is 7.17. The van der Waals surface area contributed by atoms with E-state index in [1.54, 1.807) is 0 Å². The summed E-state index contributed by atoms with van der Waals surface area (Å²) in [4.78, 5) is 22.1. The van der Waals surface area contributed by atoms with Crippen LogP contribution in [0.5, 0.6) is 0 Å². The first kappa shape index (κ1) is 13.9. The van der Waals surface area contributed by atoms with Gasteiger partial charge >= 0.3 is 11.9 Å². The van der Waals surface area contributed by atoms with Gasteiger partial charge in [0.05, 0.1) is 0 Å². The molecule has 88 valence electrons. The molecule has 0 bridgehead atoms. The Morgan fingerprint density at radius 2 is 1.94 bits per heavy atom. The summed E-state index contributed by atoms with van der Waals surface area (Å²) in [6.45, 7) is 0.948. The number of rotatable bonds is 4. The predicted molar refractivity (Wildman–Crippen MR) is 58.0 cm³/mol. The monoisotopic (exact) mass is 226 g/mol. The maximum Gasteiger partial charge on any atom is 0.328 e. The summed E-state index contributed by atoms with van der Waals surface area (Å²) in [6, 6.07) is 2.05. The highest BCUT2D eigenvalue weighted by molar-refractivity contribution is 5.89. The molecule has 6 nitrogen and oxygen atoms in total. The molecular formula is C10H14N2O4. The Balaban J connectivity index is 0.000000281. The van der Waals surface area contributed by atoms with E-state index in [0.717, 1.165) is 6.54 Å². The average Bonchev–Trinajstić information content (AvgIpc) is 2.69. The van der Waals surface area contributed by atoms with Crippen molar-refractivity contribution in [2.45, 2.75) is 6.54 Å². The molecule has 0 radical (unpaired) electrons. The van der Waals surface area contributed by atoms with Gasteiger partial charge in [-0.15, -0.1) is 0 Å². The first-order valence-corrected chi connectivity index (χ1v) is 4.46. The Labute approximate surface area is 92.6 Å². The molecule has 0 saturated heterocycles. The van der Waals surface area contributed by atoms with E-state index in [4.69, 9.17) is 10.2 Å². The zero-order valence-electron chi connectivity index (χ0n) is 8.80. The van der Waals surface area contributed by atoms with E-state index in [2.05, 4.69) is 16.4 Å². The molecule has 0 aliphatic rings. The van der Waals surface area contributed by atoms with Crippen LogP contribution in [0, 0.1) is 0 Å². The highest BCUT2D eigenvalue weighted by Gasteiger charge is 1.88. The summed E-state index contributed by atoms with van der Waals surface area (Å²) in [7, 11) is 1.94. The summed E-state index contributed by atoms with van der Waals surface area (Å²) < 4.78 is 0. The van der Waals surface area contributed by atoms with E-state index in [9.17, 15) is 9.59 Å². The Bertz CT molecular complexity index is 328. The normalized spacial score (nSPS) is 9.56. The van der Waals surface area contributed by atoms with E-state index in [-0.39, 0.29) is 0 Å². The molecule has 0 fully saturated rings. The lowest BCUT2D eigenvalue weighted by atomic mass is 10.3. The second-order valence-corrected chi connectivity index (χ2v) is 2.76. The predicted octanol–water partition coefficient (Wildman–Crippen LogP) is 0.446. The third-order valence-corrected chi connectivity index (χ3v) is 1.41. The van der Waals surface area contributed by atoms with Crippen molar-refractivity contribution >= 4 is 11.9 Å². The third-order valence-electron chi connectivity index (χ3n) is 1.41. The minimum absolute atomic E-state index is 0.558. The van der Waals surface area contributed by atoms with Crippen LogP contribution in [-0.2, 0) is 16.1 Å². The van der Waals surface area contributed by atoms with Crippen molar-refractivity contribution in [3.8, 4) is 0 Å². The maximum absolute atomic E-state index is 9.55. The van der Waals surface area contributed by atoms with E-state index < -0.39 is 11.9 Å². The molecule has 1 aromatic heterocycles. The average molecular weight is 226 g/mol. The maximum atomic E-state index is 9.55. The van der Waals surface area contributed by atoms with Crippen LogP contribution < -0.4 is 5.32 Å². The first-order chi connectivity index (χ1) is 7.56. The van der Waals surface area contributed by atoms with Gasteiger partial charge in [-0.1, -0.05) is 0 Å². The summed E-state index contributed by atoms with van der Waals surface area (Å²) in [5.74, 6) is -2.51. The van der Waals surface area contributed by atoms with Gasteiger partial charge in [-0.3, -0.25) is 0 Å². The largest absolute Gasteiger partial charge is 0.478 e. The third kappa shape index (κ3) is 8.52. The molecule has 0 atom stereocenters. The van der Waals surface area contributed by atoms with Crippen molar-refractivity contribution in [3.63, 3.8) is 0 Å². The van der Waals surface area contributed by atoms with E-state index in [0.29, 0.717) is 12.2 Å². The topological polar surface area (TPSA) is 102 Å². The van der Waals surface area contributed by atoms with Gasteiger partial charge in [-0.25, -0.2) is 9.59 Å². The number of hydrogen-bond acceptors (Lipinski definition) is 3.